The molecule has 3 aliphatic rings. The van der Waals surface area contributed by atoms with Crippen LogP contribution in [-0.2, 0) is 15.1 Å². The van der Waals surface area contributed by atoms with Gasteiger partial charge in [-0.15, -0.1) is 0 Å². The first kappa shape index (κ1) is 26.1. The maximum Gasteiger partial charge on any atom is 0.262 e. The van der Waals surface area contributed by atoms with E-state index in [1.807, 2.05) is 53.4 Å². The van der Waals surface area contributed by atoms with Crippen molar-refractivity contribution < 1.29 is 9.59 Å². The van der Waals surface area contributed by atoms with Crippen LogP contribution in [0.1, 0.15) is 44.9 Å². The van der Waals surface area contributed by atoms with Crippen LogP contribution in [0.3, 0.4) is 0 Å². The first-order valence-electron chi connectivity index (χ1n) is 12.5. The Morgan fingerprint density at radius 1 is 0.946 bits per heavy atom. The maximum atomic E-state index is 13.8. The van der Waals surface area contributed by atoms with Crippen molar-refractivity contribution in [2.45, 2.75) is 39.3 Å². The second-order valence-electron chi connectivity index (χ2n) is 10.1. The molecule has 0 radical (unpaired) electrons. The summed E-state index contributed by atoms with van der Waals surface area (Å²) in [5.74, 6) is 0.156. The van der Waals surface area contributed by atoms with Crippen LogP contribution in [0.15, 0.2) is 64.1 Å². The van der Waals surface area contributed by atoms with Gasteiger partial charge in [0.25, 0.3) is 5.91 Å². The number of benzene rings is 2. The molecule has 6 nitrogen and oxygen atoms in total. The zero-order valence-corrected chi connectivity index (χ0v) is 23.7. The predicted molar refractivity (Wildman–Crippen MR) is 151 cm³/mol. The molecular formula is C28H30Cl2N4O2S. The molecule has 0 spiro atoms. The summed E-state index contributed by atoms with van der Waals surface area (Å²) in [4.78, 5) is 37.5. The van der Waals surface area contributed by atoms with Gasteiger partial charge in [0.1, 0.15) is 10.4 Å². The molecule has 5 rings (SSSR count). The number of fused-ring (bicyclic) bond motifs is 1. The molecule has 0 aliphatic carbocycles. The molecule has 3 heterocycles. The topological polar surface area (TPSA) is 56.2 Å². The lowest BCUT2D eigenvalue weighted by Crippen LogP contribution is -2.50. The van der Waals surface area contributed by atoms with Gasteiger partial charge in [-0.25, -0.2) is 4.99 Å². The lowest BCUT2D eigenvalue weighted by molar-refractivity contribution is -0.135. The number of thioether (sulfide) groups is 1. The molecular weight excluding hydrogens is 527 g/mol. The summed E-state index contributed by atoms with van der Waals surface area (Å²) in [5.41, 5.74) is 2.52. The van der Waals surface area contributed by atoms with Crippen molar-refractivity contribution in [3.63, 3.8) is 0 Å². The molecule has 0 saturated carbocycles. The SMILES string of the molecule is CC(=O)N1CCN(C(=O)C2=C(C(C)C)N3C(=N[C@@](C)(c4ccc(Cl)cc4)[C@H]3c3ccc(Cl)cc3)S2)CC1. The minimum Gasteiger partial charge on any atom is -0.339 e. The van der Waals surface area contributed by atoms with Crippen LogP contribution in [-0.4, -0.2) is 57.9 Å². The Morgan fingerprint density at radius 2 is 1.49 bits per heavy atom. The van der Waals surface area contributed by atoms with Crippen molar-refractivity contribution in [3.8, 4) is 0 Å². The van der Waals surface area contributed by atoms with Gasteiger partial charge in [0.05, 0.1) is 6.04 Å². The average Bonchev–Trinajstić information content (AvgIpc) is 3.37. The Morgan fingerprint density at radius 3 is 2.03 bits per heavy atom. The lowest BCUT2D eigenvalue weighted by atomic mass is 9.81. The van der Waals surface area contributed by atoms with E-state index in [1.165, 1.54) is 11.8 Å². The van der Waals surface area contributed by atoms with E-state index < -0.39 is 5.54 Å². The molecule has 194 valence electrons. The van der Waals surface area contributed by atoms with Gasteiger partial charge in [-0.05, 0) is 60.0 Å². The Balaban J connectivity index is 1.56. The van der Waals surface area contributed by atoms with Crippen LogP contribution in [0.4, 0.5) is 0 Å². The lowest BCUT2D eigenvalue weighted by Gasteiger charge is -2.37. The van der Waals surface area contributed by atoms with E-state index in [1.54, 1.807) is 11.8 Å². The summed E-state index contributed by atoms with van der Waals surface area (Å²) in [6, 6.07) is 15.6. The number of carbonyl (C=O) groups is 2. The first-order valence-corrected chi connectivity index (χ1v) is 14.0. The minimum absolute atomic E-state index is 0.0112. The van der Waals surface area contributed by atoms with Crippen LogP contribution >= 0.6 is 35.0 Å². The maximum absolute atomic E-state index is 13.8. The van der Waals surface area contributed by atoms with Crippen molar-refractivity contribution in [1.82, 2.24) is 14.7 Å². The van der Waals surface area contributed by atoms with Crippen LogP contribution in [0.5, 0.6) is 0 Å². The number of hydrogen-bond donors (Lipinski definition) is 0. The zero-order valence-electron chi connectivity index (χ0n) is 21.4. The van der Waals surface area contributed by atoms with Gasteiger partial charge >= 0.3 is 0 Å². The van der Waals surface area contributed by atoms with Crippen molar-refractivity contribution in [3.05, 3.63) is 80.3 Å². The standard InChI is InChI=1S/C28H30Cl2N4O2S/c1-17(2)23-24(26(36)33-15-13-32(14-16-33)18(3)35)37-27-31-28(4,20-7-11-22(30)12-8-20)25(34(23)27)19-5-9-21(29)10-6-19/h5-12,17,25H,13-16H2,1-4H3/t25-,28+/m1/s1. The fourth-order valence-corrected chi connectivity index (χ4v) is 7.06. The molecule has 9 heteroatoms. The number of halogens is 2. The summed E-state index contributed by atoms with van der Waals surface area (Å²) in [6.07, 6.45) is 0. The van der Waals surface area contributed by atoms with Gasteiger partial charge < -0.3 is 14.7 Å². The van der Waals surface area contributed by atoms with Crippen LogP contribution in [0, 0.1) is 5.92 Å². The Kier molecular flexibility index (Phi) is 7.07. The molecule has 1 saturated heterocycles. The van der Waals surface area contributed by atoms with E-state index in [0.29, 0.717) is 36.2 Å². The number of carbonyl (C=O) groups excluding carboxylic acids is 2. The van der Waals surface area contributed by atoms with E-state index in [0.717, 1.165) is 26.9 Å². The van der Waals surface area contributed by atoms with Gasteiger partial charge in [-0.1, -0.05) is 61.3 Å². The molecule has 0 unspecified atom stereocenters. The second kappa shape index (κ2) is 10.0. The molecule has 0 N–H and O–H groups in total. The van der Waals surface area contributed by atoms with E-state index in [4.69, 9.17) is 28.2 Å². The number of nitrogens with zero attached hydrogens (tertiary/aromatic N) is 4. The van der Waals surface area contributed by atoms with Crippen LogP contribution in [0.25, 0.3) is 0 Å². The molecule has 2 aromatic carbocycles. The van der Waals surface area contributed by atoms with Crippen molar-refractivity contribution in [2.24, 2.45) is 10.9 Å². The summed E-state index contributed by atoms with van der Waals surface area (Å²) in [6.45, 7) is 10.1. The van der Waals surface area contributed by atoms with Gasteiger partial charge in [-0.2, -0.15) is 0 Å². The fraction of sp³-hybridized carbons (Fsp3) is 0.393. The van der Waals surface area contributed by atoms with Crippen LogP contribution < -0.4 is 0 Å². The number of amidine groups is 1. The number of aliphatic imine (C=N–C) groups is 1. The van der Waals surface area contributed by atoms with Crippen molar-refractivity contribution >= 4 is 51.9 Å². The van der Waals surface area contributed by atoms with E-state index in [2.05, 4.69) is 25.7 Å². The normalized spacial score (nSPS) is 23.6. The second-order valence-corrected chi connectivity index (χ2v) is 12.0. The van der Waals surface area contributed by atoms with Crippen LogP contribution in [0.2, 0.25) is 10.0 Å². The zero-order chi connectivity index (χ0) is 26.5. The Hall–Kier alpha value is -2.48. The Labute approximate surface area is 232 Å². The number of allylic oxidation sites excluding steroid dienone is 1. The average molecular weight is 558 g/mol. The highest BCUT2D eigenvalue weighted by atomic mass is 35.5. The Bertz CT molecular complexity index is 1280. The van der Waals surface area contributed by atoms with Gasteiger partial charge in [0, 0.05) is 48.8 Å². The number of rotatable bonds is 4. The van der Waals surface area contributed by atoms with E-state index in [-0.39, 0.29) is 23.8 Å². The van der Waals surface area contributed by atoms with Gasteiger partial charge in [-0.3, -0.25) is 9.59 Å². The van der Waals surface area contributed by atoms with Gasteiger partial charge in [0.15, 0.2) is 5.17 Å². The third-order valence-electron chi connectivity index (χ3n) is 7.38. The third-order valence-corrected chi connectivity index (χ3v) is 8.94. The highest BCUT2D eigenvalue weighted by Crippen LogP contribution is 2.56. The largest absolute Gasteiger partial charge is 0.339 e. The van der Waals surface area contributed by atoms with E-state index in [9.17, 15) is 9.59 Å². The molecule has 0 aromatic heterocycles. The summed E-state index contributed by atoms with van der Waals surface area (Å²) < 4.78 is 0. The number of hydrogen-bond acceptors (Lipinski definition) is 5. The number of piperazine rings is 1. The highest BCUT2D eigenvalue weighted by molar-refractivity contribution is 8.18. The molecule has 37 heavy (non-hydrogen) atoms. The summed E-state index contributed by atoms with van der Waals surface area (Å²) >= 11 is 13.9. The first-order chi connectivity index (χ1) is 17.6. The van der Waals surface area contributed by atoms with Crippen molar-refractivity contribution in [2.75, 3.05) is 26.2 Å². The predicted octanol–water partition coefficient (Wildman–Crippen LogP) is 5.93. The molecule has 3 aliphatic heterocycles. The van der Waals surface area contributed by atoms with E-state index >= 15 is 0 Å². The molecule has 0 bridgehead atoms. The summed E-state index contributed by atoms with van der Waals surface area (Å²) in [5, 5.41) is 2.18. The number of amides is 2. The summed E-state index contributed by atoms with van der Waals surface area (Å²) in [7, 11) is 0. The quantitative estimate of drug-likeness (QED) is 0.468. The fourth-order valence-electron chi connectivity index (χ4n) is 5.43. The smallest absolute Gasteiger partial charge is 0.262 e. The van der Waals surface area contributed by atoms with Crippen molar-refractivity contribution in [1.29, 1.82) is 0 Å². The molecule has 2 aromatic rings. The minimum atomic E-state index is -0.595. The molecule has 2 amide bonds. The highest BCUT2D eigenvalue weighted by Gasteiger charge is 2.53. The monoisotopic (exact) mass is 556 g/mol. The third kappa shape index (κ3) is 4.66. The van der Waals surface area contributed by atoms with Gasteiger partial charge in [0.2, 0.25) is 5.91 Å². The molecule has 2 atom stereocenters. The molecule has 1 fully saturated rings.